The van der Waals surface area contributed by atoms with Crippen molar-refractivity contribution in [2.24, 2.45) is 0 Å². The van der Waals surface area contributed by atoms with Crippen molar-refractivity contribution in [2.75, 3.05) is 0 Å². The van der Waals surface area contributed by atoms with Crippen LogP contribution in [0.3, 0.4) is 0 Å². The number of hydrogen-bond donors (Lipinski definition) is 0. The van der Waals surface area contributed by atoms with Gasteiger partial charge in [0.1, 0.15) is 5.82 Å². The van der Waals surface area contributed by atoms with E-state index in [-0.39, 0.29) is 0 Å². The van der Waals surface area contributed by atoms with Gasteiger partial charge in [-0.2, -0.15) is 0 Å². The van der Waals surface area contributed by atoms with Gasteiger partial charge in [-0.25, -0.2) is 4.39 Å². The Morgan fingerprint density at radius 3 is 2.85 bits per heavy atom. The zero-order valence-electron chi connectivity index (χ0n) is 6.43. The first-order valence-corrected chi connectivity index (χ1v) is 4.59. The molecule has 0 amide bonds. The summed E-state index contributed by atoms with van der Waals surface area (Å²) in [7, 11) is 0. The molecule has 1 aromatic carbocycles. The molecule has 1 rings (SSSR count). The van der Waals surface area contributed by atoms with Crippen molar-refractivity contribution < 1.29 is 9.18 Å². The predicted molar refractivity (Wildman–Crippen MR) is 54.0 cm³/mol. The Balaban J connectivity index is 3.00. The Bertz CT molecular complexity index is 363. The molecule has 0 bridgehead atoms. The van der Waals surface area contributed by atoms with Crippen LogP contribution >= 0.6 is 27.5 Å². The quantitative estimate of drug-likeness (QED) is 0.590. The van der Waals surface area contributed by atoms with Gasteiger partial charge in [0, 0.05) is 10.0 Å². The highest BCUT2D eigenvalue weighted by Crippen LogP contribution is 2.16. The number of carbonyl (C=O) groups is 1. The van der Waals surface area contributed by atoms with E-state index in [1.807, 2.05) is 0 Å². The van der Waals surface area contributed by atoms with Gasteiger partial charge in [0.25, 0.3) is 0 Å². The van der Waals surface area contributed by atoms with E-state index >= 15 is 0 Å². The largest absolute Gasteiger partial charge is 0.276 e. The lowest BCUT2D eigenvalue weighted by Gasteiger charge is -1.96. The second-order valence-electron chi connectivity index (χ2n) is 2.30. The molecule has 0 fully saturated rings. The number of carbonyl (C=O) groups excluding carboxylic acids is 1. The van der Waals surface area contributed by atoms with Gasteiger partial charge < -0.3 is 0 Å². The molecule has 1 nitrogen and oxygen atoms in total. The van der Waals surface area contributed by atoms with Crippen LogP contribution in [-0.2, 0) is 4.79 Å². The average Bonchev–Trinajstić information content (AvgIpc) is 2.06. The Morgan fingerprint density at radius 2 is 2.23 bits per heavy atom. The fraction of sp³-hybridized carbons (Fsp3) is 0. The summed E-state index contributed by atoms with van der Waals surface area (Å²) < 4.78 is 13.7. The van der Waals surface area contributed by atoms with Gasteiger partial charge in [0.15, 0.2) is 0 Å². The fourth-order valence-electron chi connectivity index (χ4n) is 0.798. The van der Waals surface area contributed by atoms with E-state index in [1.165, 1.54) is 12.1 Å². The third-order valence-electron chi connectivity index (χ3n) is 1.35. The number of allylic oxidation sites excluding steroid dienone is 1. The third-order valence-corrected chi connectivity index (χ3v) is 1.97. The molecule has 68 valence electrons. The van der Waals surface area contributed by atoms with E-state index in [0.717, 1.165) is 10.5 Å². The van der Waals surface area contributed by atoms with Crippen molar-refractivity contribution in [3.8, 4) is 0 Å². The van der Waals surface area contributed by atoms with Crippen LogP contribution in [0.25, 0.3) is 6.08 Å². The van der Waals surface area contributed by atoms with Gasteiger partial charge >= 0.3 is 0 Å². The Kier molecular flexibility index (Phi) is 3.63. The Morgan fingerprint density at radius 1 is 1.54 bits per heavy atom. The molecule has 4 heteroatoms. The van der Waals surface area contributed by atoms with Crippen molar-refractivity contribution in [1.82, 2.24) is 0 Å². The lowest BCUT2D eigenvalue weighted by Crippen LogP contribution is -1.82. The molecule has 0 aliphatic carbocycles. The number of rotatable bonds is 2. The molecule has 0 saturated heterocycles. The zero-order valence-corrected chi connectivity index (χ0v) is 8.77. The van der Waals surface area contributed by atoms with Crippen molar-refractivity contribution in [2.45, 2.75) is 0 Å². The van der Waals surface area contributed by atoms with Crippen LogP contribution in [0.5, 0.6) is 0 Å². The summed E-state index contributed by atoms with van der Waals surface area (Å²) in [5.74, 6) is -0.391. The van der Waals surface area contributed by atoms with Gasteiger partial charge in [0.05, 0.1) is 0 Å². The molecule has 0 aromatic heterocycles. The molecule has 1 aromatic rings. The van der Waals surface area contributed by atoms with Crippen LogP contribution < -0.4 is 0 Å². The second kappa shape index (κ2) is 4.53. The molecule has 0 atom stereocenters. The predicted octanol–water partition coefficient (Wildman–Crippen LogP) is 3.37. The highest BCUT2D eigenvalue weighted by Gasteiger charge is 1.98. The van der Waals surface area contributed by atoms with Gasteiger partial charge in [-0.05, 0) is 42.0 Å². The SMILES string of the molecule is O=C(Cl)/C=C/c1cc(Br)ccc1F. The van der Waals surface area contributed by atoms with Gasteiger partial charge in [-0.1, -0.05) is 15.9 Å². The lowest BCUT2D eigenvalue weighted by atomic mass is 10.2. The lowest BCUT2D eigenvalue weighted by molar-refractivity contribution is -0.107. The van der Waals surface area contributed by atoms with Crippen molar-refractivity contribution in [3.63, 3.8) is 0 Å². The number of hydrogen-bond acceptors (Lipinski definition) is 1. The fourth-order valence-corrected chi connectivity index (χ4v) is 1.24. The van der Waals surface area contributed by atoms with Crippen LogP contribution in [0.1, 0.15) is 5.56 Å². The zero-order chi connectivity index (χ0) is 9.84. The van der Waals surface area contributed by atoms with E-state index in [1.54, 1.807) is 12.1 Å². The maximum absolute atomic E-state index is 13.0. The minimum atomic E-state index is -0.626. The second-order valence-corrected chi connectivity index (χ2v) is 3.59. The smallest absolute Gasteiger partial charge is 0.245 e. The highest BCUT2D eigenvalue weighted by molar-refractivity contribution is 9.10. The van der Waals surface area contributed by atoms with Crippen molar-refractivity contribution >= 4 is 38.8 Å². The van der Waals surface area contributed by atoms with Crippen LogP contribution in [0, 0.1) is 5.82 Å². The standard InChI is InChI=1S/C9H5BrClFO/c10-7-2-3-8(12)6(5-7)1-4-9(11)13/h1-5H/b4-1+. The molecular formula is C9H5BrClFO. The minimum Gasteiger partial charge on any atom is -0.276 e. The molecule has 0 aliphatic rings. The first-order chi connectivity index (χ1) is 6.09. The maximum Gasteiger partial charge on any atom is 0.245 e. The molecule has 0 unspecified atom stereocenters. The summed E-state index contributed by atoms with van der Waals surface area (Å²) in [6, 6.07) is 4.45. The summed E-state index contributed by atoms with van der Waals surface area (Å²) in [5.41, 5.74) is 0.323. The summed E-state index contributed by atoms with van der Waals surface area (Å²) in [6.07, 6.45) is 2.43. The molecule has 0 aliphatic heterocycles. The van der Waals surface area contributed by atoms with E-state index in [2.05, 4.69) is 15.9 Å². The van der Waals surface area contributed by atoms with E-state index in [9.17, 15) is 9.18 Å². The highest BCUT2D eigenvalue weighted by atomic mass is 79.9. The minimum absolute atomic E-state index is 0.323. The molecule has 0 radical (unpaired) electrons. The van der Waals surface area contributed by atoms with E-state index < -0.39 is 11.1 Å². The van der Waals surface area contributed by atoms with Crippen LogP contribution in [0.15, 0.2) is 28.7 Å². The average molecular weight is 263 g/mol. The monoisotopic (exact) mass is 262 g/mol. The Hall–Kier alpha value is -0.670. The maximum atomic E-state index is 13.0. The molecule has 0 N–H and O–H groups in total. The molecule has 13 heavy (non-hydrogen) atoms. The van der Waals surface area contributed by atoms with Gasteiger partial charge in [-0.3, -0.25) is 4.79 Å². The van der Waals surface area contributed by atoms with Crippen LogP contribution in [0.4, 0.5) is 4.39 Å². The normalized spacial score (nSPS) is 10.7. The first-order valence-electron chi connectivity index (χ1n) is 3.42. The summed E-state index contributed by atoms with van der Waals surface area (Å²) in [4.78, 5) is 10.4. The number of benzene rings is 1. The van der Waals surface area contributed by atoms with Crippen molar-refractivity contribution in [1.29, 1.82) is 0 Å². The third kappa shape index (κ3) is 3.28. The van der Waals surface area contributed by atoms with Crippen molar-refractivity contribution in [3.05, 3.63) is 40.1 Å². The van der Waals surface area contributed by atoms with Crippen LogP contribution in [-0.4, -0.2) is 5.24 Å². The topological polar surface area (TPSA) is 17.1 Å². The van der Waals surface area contributed by atoms with E-state index in [4.69, 9.17) is 11.6 Å². The molecule has 0 saturated carbocycles. The Labute approximate surface area is 88.3 Å². The molecule has 0 heterocycles. The summed E-state index contributed by atoms with van der Waals surface area (Å²) in [6.45, 7) is 0. The van der Waals surface area contributed by atoms with Gasteiger partial charge in [0.2, 0.25) is 5.24 Å². The first kappa shape index (κ1) is 10.4. The molecular weight excluding hydrogens is 258 g/mol. The summed E-state index contributed by atoms with van der Waals surface area (Å²) in [5, 5.41) is -0.626. The summed E-state index contributed by atoms with van der Waals surface area (Å²) >= 11 is 8.24. The molecule has 0 spiro atoms. The van der Waals surface area contributed by atoms with Gasteiger partial charge in [-0.15, -0.1) is 0 Å². The van der Waals surface area contributed by atoms with E-state index in [0.29, 0.717) is 5.56 Å². The van der Waals surface area contributed by atoms with Crippen LogP contribution in [0.2, 0.25) is 0 Å². The number of halogens is 3.